The number of carbonyl (C=O) groups is 3. The average molecular weight is 398 g/mol. The van der Waals surface area contributed by atoms with Crippen LogP contribution in [0.25, 0.3) is 0 Å². The molecule has 0 aliphatic rings. The maximum Gasteiger partial charge on any atom is 0.326 e. The van der Waals surface area contributed by atoms with Gasteiger partial charge >= 0.3 is 5.97 Å². The van der Waals surface area contributed by atoms with Crippen LogP contribution in [-0.4, -0.2) is 40.1 Å². The van der Waals surface area contributed by atoms with Gasteiger partial charge in [0, 0.05) is 5.56 Å². The lowest BCUT2D eigenvalue weighted by atomic mass is 9.98. The fourth-order valence-corrected chi connectivity index (χ4v) is 2.92. The number of carboxylic acid groups (broad SMARTS) is 1. The number of aliphatic hydroxyl groups excluding tert-OH is 1. The molecular weight excluding hydrogens is 372 g/mol. The van der Waals surface area contributed by atoms with Crippen molar-refractivity contribution in [1.29, 1.82) is 0 Å². The number of hydrogen-bond donors (Lipinski definition) is 4. The first-order valence-corrected chi connectivity index (χ1v) is 9.41. The lowest BCUT2D eigenvalue weighted by Gasteiger charge is -2.26. The van der Waals surface area contributed by atoms with Crippen molar-refractivity contribution in [1.82, 2.24) is 10.6 Å². The van der Waals surface area contributed by atoms with Gasteiger partial charge in [-0.25, -0.2) is 4.79 Å². The van der Waals surface area contributed by atoms with Crippen LogP contribution in [0.2, 0.25) is 0 Å². The predicted molar refractivity (Wildman–Crippen MR) is 108 cm³/mol. The van der Waals surface area contributed by atoms with Gasteiger partial charge in [-0.2, -0.15) is 0 Å². The maximum absolute atomic E-state index is 12.6. The van der Waals surface area contributed by atoms with Crippen LogP contribution in [-0.2, 0) is 9.59 Å². The van der Waals surface area contributed by atoms with Gasteiger partial charge in [0.2, 0.25) is 0 Å². The van der Waals surface area contributed by atoms with E-state index in [0.29, 0.717) is 11.1 Å². The molecule has 2 aromatic rings. The average Bonchev–Trinajstić information content (AvgIpc) is 2.71. The van der Waals surface area contributed by atoms with Crippen LogP contribution in [0.15, 0.2) is 60.7 Å². The second-order valence-electron chi connectivity index (χ2n) is 7.20. The monoisotopic (exact) mass is 398 g/mol. The molecule has 0 saturated carbocycles. The topological polar surface area (TPSA) is 116 Å². The molecule has 0 aliphatic heterocycles. The molecule has 0 unspecified atom stereocenters. The zero-order valence-corrected chi connectivity index (χ0v) is 16.4. The third-order valence-electron chi connectivity index (χ3n) is 4.39. The van der Waals surface area contributed by atoms with Crippen LogP contribution in [0.3, 0.4) is 0 Å². The first-order chi connectivity index (χ1) is 13.8. The van der Waals surface area contributed by atoms with E-state index in [0.717, 1.165) is 0 Å². The van der Waals surface area contributed by atoms with E-state index in [9.17, 15) is 24.6 Å². The maximum atomic E-state index is 12.6. The van der Waals surface area contributed by atoms with Crippen LogP contribution >= 0.6 is 0 Å². The highest BCUT2D eigenvalue weighted by atomic mass is 16.4. The van der Waals surface area contributed by atoms with Crippen molar-refractivity contribution in [3.8, 4) is 0 Å². The number of rotatable bonds is 9. The molecule has 3 atom stereocenters. The Kier molecular flexibility index (Phi) is 7.91. The van der Waals surface area contributed by atoms with Crippen molar-refractivity contribution in [3.63, 3.8) is 0 Å². The summed E-state index contributed by atoms with van der Waals surface area (Å²) in [6.07, 6.45) is -1.45. The number of carboxylic acids is 1. The van der Waals surface area contributed by atoms with E-state index in [4.69, 9.17) is 0 Å². The Balaban J connectivity index is 2.22. The van der Waals surface area contributed by atoms with Crippen molar-refractivity contribution >= 4 is 17.8 Å². The summed E-state index contributed by atoms with van der Waals surface area (Å²) in [5.41, 5.74) is 0.902. The van der Waals surface area contributed by atoms with Crippen molar-refractivity contribution in [2.45, 2.75) is 38.5 Å². The summed E-state index contributed by atoms with van der Waals surface area (Å²) in [6, 6.07) is 14.8. The summed E-state index contributed by atoms with van der Waals surface area (Å²) in [5, 5.41) is 25.1. The molecular formula is C22H26N2O5. The first kappa shape index (κ1) is 22.1. The molecule has 4 N–H and O–H groups in total. The number of nitrogens with one attached hydrogen (secondary N) is 2. The fraction of sp³-hybridized carbons (Fsp3) is 0.318. The normalized spacial score (nSPS) is 13.9. The molecule has 2 rings (SSSR count). The molecule has 0 heterocycles. The largest absolute Gasteiger partial charge is 0.480 e. The highest BCUT2D eigenvalue weighted by molar-refractivity contribution is 5.95. The lowest BCUT2D eigenvalue weighted by Crippen LogP contribution is -2.50. The highest BCUT2D eigenvalue weighted by Crippen LogP contribution is 2.19. The van der Waals surface area contributed by atoms with Crippen LogP contribution in [0.1, 0.15) is 42.2 Å². The third-order valence-corrected chi connectivity index (χ3v) is 4.39. The number of amides is 2. The Labute approximate surface area is 169 Å². The fourth-order valence-electron chi connectivity index (χ4n) is 2.92. The van der Waals surface area contributed by atoms with Crippen LogP contribution in [0.5, 0.6) is 0 Å². The Bertz CT molecular complexity index is 824. The molecule has 2 amide bonds. The molecule has 29 heavy (non-hydrogen) atoms. The van der Waals surface area contributed by atoms with Gasteiger partial charge in [0.15, 0.2) is 6.10 Å². The third kappa shape index (κ3) is 6.43. The molecule has 7 heteroatoms. The number of carbonyl (C=O) groups excluding carboxylic acids is 2. The Hall–Kier alpha value is -3.19. The van der Waals surface area contributed by atoms with Gasteiger partial charge in [0.1, 0.15) is 6.04 Å². The second-order valence-corrected chi connectivity index (χ2v) is 7.20. The van der Waals surface area contributed by atoms with E-state index in [1.807, 2.05) is 13.8 Å². The molecule has 0 spiro atoms. The van der Waals surface area contributed by atoms with Gasteiger partial charge in [-0.1, -0.05) is 62.4 Å². The first-order valence-electron chi connectivity index (χ1n) is 9.41. The minimum Gasteiger partial charge on any atom is -0.480 e. The standard InChI is InChI=1S/C22H26N2O5/c1-14(2)13-17(22(28)29)23-21(27)19(25)18(15-9-5-3-6-10-15)24-20(26)16-11-7-4-8-12-16/h3-12,14,17-19,25H,13H2,1-2H3,(H,23,27)(H,24,26)(H,28,29)/t17-,18+,19-/m1/s1. The molecule has 0 aliphatic carbocycles. The van der Waals surface area contributed by atoms with Gasteiger partial charge in [-0.15, -0.1) is 0 Å². The smallest absolute Gasteiger partial charge is 0.326 e. The minimum atomic E-state index is -1.67. The van der Waals surface area contributed by atoms with E-state index >= 15 is 0 Å². The molecule has 0 bridgehead atoms. The highest BCUT2D eigenvalue weighted by Gasteiger charge is 2.32. The van der Waals surface area contributed by atoms with Gasteiger partial charge < -0.3 is 20.8 Å². The number of aliphatic carboxylic acids is 1. The Morgan fingerprint density at radius 1 is 0.897 bits per heavy atom. The summed E-state index contributed by atoms with van der Waals surface area (Å²) >= 11 is 0. The second kappa shape index (κ2) is 10.4. The Morgan fingerprint density at radius 2 is 1.45 bits per heavy atom. The summed E-state index contributed by atoms with van der Waals surface area (Å²) in [4.78, 5) is 36.6. The van der Waals surface area contributed by atoms with Crippen LogP contribution in [0.4, 0.5) is 0 Å². The Morgan fingerprint density at radius 3 is 1.97 bits per heavy atom. The summed E-state index contributed by atoms with van der Waals surface area (Å²) in [5.74, 6) is -2.45. The van der Waals surface area contributed by atoms with Crippen molar-refractivity contribution in [2.75, 3.05) is 0 Å². The number of benzene rings is 2. The van der Waals surface area contributed by atoms with E-state index in [2.05, 4.69) is 10.6 Å². The quantitative estimate of drug-likeness (QED) is 0.516. The molecule has 154 valence electrons. The zero-order chi connectivity index (χ0) is 21.4. The van der Waals surface area contributed by atoms with Crippen molar-refractivity contribution in [3.05, 3.63) is 71.8 Å². The molecule has 0 fully saturated rings. The zero-order valence-electron chi connectivity index (χ0n) is 16.4. The number of aliphatic hydroxyl groups is 1. The van der Waals surface area contributed by atoms with Crippen LogP contribution < -0.4 is 10.6 Å². The summed E-state index contributed by atoms with van der Waals surface area (Å²) < 4.78 is 0. The summed E-state index contributed by atoms with van der Waals surface area (Å²) in [7, 11) is 0. The van der Waals surface area contributed by atoms with E-state index in [1.165, 1.54) is 0 Å². The minimum absolute atomic E-state index is 0.0382. The molecule has 0 aromatic heterocycles. The van der Waals surface area contributed by atoms with Gasteiger partial charge in [-0.05, 0) is 30.0 Å². The van der Waals surface area contributed by atoms with Gasteiger partial charge in [0.05, 0.1) is 6.04 Å². The van der Waals surface area contributed by atoms with E-state index in [1.54, 1.807) is 60.7 Å². The predicted octanol–water partition coefficient (Wildman–Crippen LogP) is 2.13. The SMILES string of the molecule is CC(C)C[C@@H](NC(=O)[C@H](O)[C@@H](NC(=O)c1ccccc1)c1ccccc1)C(=O)O. The van der Waals surface area contributed by atoms with Gasteiger partial charge in [0.25, 0.3) is 11.8 Å². The van der Waals surface area contributed by atoms with Gasteiger partial charge in [-0.3, -0.25) is 9.59 Å². The van der Waals surface area contributed by atoms with E-state index < -0.39 is 36.0 Å². The van der Waals surface area contributed by atoms with Crippen LogP contribution in [0, 0.1) is 5.92 Å². The summed E-state index contributed by atoms with van der Waals surface area (Å²) in [6.45, 7) is 3.68. The molecule has 2 aromatic carbocycles. The molecule has 0 saturated heterocycles. The number of hydrogen-bond acceptors (Lipinski definition) is 4. The lowest BCUT2D eigenvalue weighted by molar-refractivity contribution is -0.144. The van der Waals surface area contributed by atoms with Crippen molar-refractivity contribution < 1.29 is 24.6 Å². The molecule has 0 radical (unpaired) electrons. The van der Waals surface area contributed by atoms with Crippen molar-refractivity contribution in [2.24, 2.45) is 5.92 Å². The molecule has 7 nitrogen and oxygen atoms in total. The van der Waals surface area contributed by atoms with E-state index in [-0.39, 0.29) is 12.3 Å².